The standard InChI is InChI=1S/C21H22N2O4S/c1-14-23-17(13-28-14)12-27-18-6-4-16(5-7-18)21(24)22-11-15-8-19(25-2)10-20(9-15)26-3/h4-10,13H,11-12H2,1-3H3,(H,22,24). The largest absolute Gasteiger partial charge is 0.497 e. The van der Waals surface area contributed by atoms with Gasteiger partial charge in [-0.2, -0.15) is 0 Å². The van der Waals surface area contributed by atoms with Crippen molar-refractivity contribution in [1.29, 1.82) is 0 Å². The zero-order valence-electron chi connectivity index (χ0n) is 16.0. The van der Waals surface area contributed by atoms with Crippen LogP contribution < -0.4 is 19.5 Å². The summed E-state index contributed by atoms with van der Waals surface area (Å²) >= 11 is 1.59. The molecule has 1 N–H and O–H groups in total. The van der Waals surface area contributed by atoms with E-state index < -0.39 is 0 Å². The number of thiazole rings is 1. The Balaban J connectivity index is 1.56. The van der Waals surface area contributed by atoms with Gasteiger partial charge in [-0.1, -0.05) is 0 Å². The Bertz CT molecular complexity index is 916. The topological polar surface area (TPSA) is 69.7 Å². The average Bonchev–Trinajstić information content (AvgIpc) is 3.15. The number of aryl methyl sites for hydroxylation is 1. The third kappa shape index (κ3) is 5.23. The molecule has 0 aliphatic rings. The van der Waals surface area contributed by atoms with Gasteiger partial charge in [-0.05, 0) is 48.9 Å². The number of hydrogen-bond acceptors (Lipinski definition) is 6. The predicted molar refractivity (Wildman–Crippen MR) is 108 cm³/mol. The van der Waals surface area contributed by atoms with Crippen molar-refractivity contribution in [3.8, 4) is 17.2 Å². The lowest BCUT2D eigenvalue weighted by atomic mass is 10.1. The van der Waals surface area contributed by atoms with E-state index in [1.165, 1.54) is 0 Å². The molecule has 1 amide bonds. The van der Waals surface area contributed by atoms with Crippen LogP contribution in [0.5, 0.6) is 17.2 Å². The first-order valence-corrected chi connectivity index (χ1v) is 9.59. The fourth-order valence-corrected chi connectivity index (χ4v) is 3.18. The van der Waals surface area contributed by atoms with Crippen LogP contribution in [0.4, 0.5) is 0 Å². The van der Waals surface area contributed by atoms with Crippen LogP contribution in [0.3, 0.4) is 0 Å². The predicted octanol–water partition coefficient (Wildman–Crippen LogP) is 3.98. The highest BCUT2D eigenvalue weighted by Gasteiger charge is 2.08. The maximum absolute atomic E-state index is 12.4. The van der Waals surface area contributed by atoms with Crippen molar-refractivity contribution in [3.05, 3.63) is 69.7 Å². The lowest BCUT2D eigenvalue weighted by Gasteiger charge is -2.10. The van der Waals surface area contributed by atoms with Crippen LogP contribution in [-0.4, -0.2) is 25.1 Å². The lowest BCUT2D eigenvalue weighted by molar-refractivity contribution is 0.0950. The van der Waals surface area contributed by atoms with Crippen molar-refractivity contribution >= 4 is 17.2 Å². The van der Waals surface area contributed by atoms with Crippen molar-refractivity contribution in [2.45, 2.75) is 20.1 Å². The number of nitrogens with one attached hydrogen (secondary N) is 1. The van der Waals surface area contributed by atoms with E-state index in [0.717, 1.165) is 16.3 Å². The lowest BCUT2D eigenvalue weighted by Crippen LogP contribution is -2.22. The van der Waals surface area contributed by atoms with Crippen LogP contribution in [0.1, 0.15) is 26.6 Å². The van der Waals surface area contributed by atoms with E-state index in [4.69, 9.17) is 14.2 Å². The summed E-state index contributed by atoms with van der Waals surface area (Å²) in [5.74, 6) is 1.89. The van der Waals surface area contributed by atoms with Gasteiger partial charge in [0.2, 0.25) is 0 Å². The minimum absolute atomic E-state index is 0.163. The van der Waals surface area contributed by atoms with Crippen molar-refractivity contribution in [2.75, 3.05) is 14.2 Å². The summed E-state index contributed by atoms with van der Waals surface area (Å²) < 4.78 is 16.2. The highest BCUT2D eigenvalue weighted by molar-refractivity contribution is 7.09. The summed E-state index contributed by atoms with van der Waals surface area (Å²) in [5.41, 5.74) is 2.35. The molecule has 0 fully saturated rings. The van der Waals surface area contributed by atoms with Crippen LogP contribution in [0.2, 0.25) is 0 Å². The number of benzene rings is 2. The zero-order chi connectivity index (χ0) is 19.9. The van der Waals surface area contributed by atoms with E-state index in [9.17, 15) is 4.79 Å². The fourth-order valence-electron chi connectivity index (χ4n) is 2.59. The van der Waals surface area contributed by atoms with Gasteiger partial charge < -0.3 is 19.5 Å². The van der Waals surface area contributed by atoms with Crippen LogP contribution in [0.25, 0.3) is 0 Å². The zero-order valence-corrected chi connectivity index (χ0v) is 16.8. The van der Waals surface area contributed by atoms with Crippen LogP contribution in [-0.2, 0) is 13.2 Å². The number of amides is 1. The van der Waals surface area contributed by atoms with Gasteiger partial charge in [-0.3, -0.25) is 4.79 Å². The van der Waals surface area contributed by atoms with E-state index in [0.29, 0.717) is 36.0 Å². The van der Waals surface area contributed by atoms with E-state index >= 15 is 0 Å². The summed E-state index contributed by atoms with van der Waals surface area (Å²) in [6.07, 6.45) is 0. The molecule has 1 aromatic heterocycles. The van der Waals surface area contributed by atoms with Crippen molar-refractivity contribution < 1.29 is 19.0 Å². The maximum atomic E-state index is 12.4. The number of aromatic nitrogens is 1. The minimum atomic E-state index is -0.163. The molecule has 28 heavy (non-hydrogen) atoms. The monoisotopic (exact) mass is 398 g/mol. The summed E-state index contributed by atoms with van der Waals surface area (Å²) in [4.78, 5) is 16.8. The van der Waals surface area contributed by atoms with Gasteiger partial charge in [0.1, 0.15) is 23.9 Å². The fraction of sp³-hybridized carbons (Fsp3) is 0.238. The molecular weight excluding hydrogens is 376 g/mol. The molecule has 3 aromatic rings. The SMILES string of the molecule is COc1cc(CNC(=O)c2ccc(OCc3csc(C)n3)cc2)cc(OC)c1. The maximum Gasteiger partial charge on any atom is 0.251 e. The Hall–Kier alpha value is -3.06. The second-order valence-electron chi connectivity index (χ2n) is 6.07. The molecule has 0 spiro atoms. The second kappa shape index (κ2) is 9.23. The minimum Gasteiger partial charge on any atom is -0.497 e. The summed E-state index contributed by atoms with van der Waals surface area (Å²) in [5, 5.41) is 5.89. The van der Waals surface area contributed by atoms with Gasteiger partial charge >= 0.3 is 0 Å². The molecule has 0 atom stereocenters. The molecule has 0 saturated carbocycles. The van der Waals surface area contributed by atoms with Crippen molar-refractivity contribution in [3.63, 3.8) is 0 Å². The number of nitrogens with zero attached hydrogens (tertiary/aromatic N) is 1. The normalized spacial score (nSPS) is 10.4. The molecule has 146 valence electrons. The molecule has 0 aliphatic carbocycles. The quantitative estimate of drug-likeness (QED) is 0.622. The van der Waals surface area contributed by atoms with Gasteiger partial charge in [0.05, 0.1) is 24.9 Å². The molecule has 0 radical (unpaired) electrons. The van der Waals surface area contributed by atoms with E-state index in [-0.39, 0.29) is 5.91 Å². The molecular formula is C21H22N2O4S. The van der Waals surface area contributed by atoms with Crippen LogP contribution >= 0.6 is 11.3 Å². The first kappa shape index (κ1) is 19.7. The molecule has 0 aliphatic heterocycles. The van der Waals surface area contributed by atoms with Crippen LogP contribution in [0, 0.1) is 6.92 Å². The Morgan fingerprint density at radius 1 is 1.04 bits per heavy atom. The first-order valence-electron chi connectivity index (χ1n) is 8.71. The Morgan fingerprint density at radius 2 is 1.71 bits per heavy atom. The molecule has 0 unspecified atom stereocenters. The van der Waals surface area contributed by atoms with E-state index in [1.807, 2.05) is 24.4 Å². The molecule has 0 saturated heterocycles. The number of ether oxygens (including phenoxy) is 3. The summed E-state index contributed by atoms with van der Waals surface area (Å²) in [6.45, 7) is 2.74. The Morgan fingerprint density at radius 3 is 2.29 bits per heavy atom. The Kier molecular flexibility index (Phi) is 6.49. The van der Waals surface area contributed by atoms with E-state index in [2.05, 4.69) is 10.3 Å². The number of methoxy groups -OCH3 is 2. The number of hydrogen-bond donors (Lipinski definition) is 1. The van der Waals surface area contributed by atoms with Gasteiger partial charge in [-0.15, -0.1) is 11.3 Å². The third-order valence-corrected chi connectivity index (χ3v) is 4.86. The third-order valence-electron chi connectivity index (χ3n) is 4.03. The van der Waals surface area contributed by atoms with Gasteiger partial charge in [0.15, 0.2) is 0 Å². The summed E-state index contributed by atoms with van der Waals surface area (Å²) in [6, 6.07) is 12.6. The van der Waals surface area contributed by atoms with Gasteiger partial charge in [0.25, 0.3) is 5.91 Å². The first-order chi connectivity index (χ1) is 13.6. The Labute approximate surface area is 168 Å². The number of rotatable bonds is 8. The number of carbonyl (C=O) groups excluding carboxylic acids is 1. The molecule has 7 heteroatoms. The number of carbonyl (C=O) groups is 1. The van der Waals surface area contributed by atoms with E-state index in [1.54, 1.807) is 55.9 Å². The molecule has 2 aromatic carbocycles. The second-order valence-corrected chi connectivity index (χ2v) is 7.14. The molecule has 6 nitrogen and oxygen atoms in total. The molecule has 0 bridgehead atoms. The average molecular weight is 398 g/mol. The van der Waals surface area contributed by atoms with Gasteiger partial charge in [-0.25, -0.2) is 4.98 Å². The summed E-state index contributed by atoms with van der Waals surface area (Å²) in [7, 11) is 3.19. The van der Waals surface area contributed by atoms with Crippen LogP contribution in [0.15, 0.2) is 47.8 Å². The molecule has 3 rings (SSSR count). The van der Waals surface area contributed by atoms with Crippen molar-refractivity contribution in [2.24, 2.45) is 0 Å². The smallest absolute Gasteiger partial charge is 0.251 e. The van der Waals surface area contributed by atoms with Gasteiger partial charge in [0, 0.05) is 23.6 Å². The van der Waals surface area contributed by atoms with Crippen molar-refractivity contribution in [1.82, 2.24) is 10.3 Å². The highest BCUT2D eigenvalue weighted by Crippen LogP contribution is 2.22. The molecule has 1 heterocycles. The highest BCUT2D eigenvalue weighted by atomic mass is 32.1.